The van der Waals surface area contributed by atoms with Gasteiger partial charge in [-0.15, -0.1) is 0 Å². The number of Topliss-reactive ketones (excluding diaryl/α,β-unsaturated/α-hetero) is 1. The fraction of sp³-hybridized carbons (Fsp3) is 0.278. The first-order valence-electron chi connectivity index (χ1n) is 7.33. The molecule has 0 unspecified atom stereocenters. The first-order valence-corrected chi connectivity index (χ1v) is 7.33. The highest BCUT2D eigenvalue weighted by Gasteiger charge is 2.14. The van der Waals surface area contributed by atoms with Crippen LogP contribution in [0.5, 0.6) is 0 Å². The number of hydrogen-bond acceptors (Lipinski definition) is 3. The van der Waals surface area contributed by atoms with Gasteiger partial charge in [0, 0.05) is 16.8 Å². The lowest BCUT2D eigenvalue weighted by atomic mass is 9.99. The number of aromatic nitrogens is 2. The number of rotatable bonds is 5. The van der Waals surface area contributed by atoms with Gasteiger partial charge < -0.3 is 0 Å². The van der Waals surface area contributed by atoms with E-state index in [2.05, 4.69) is 17.1 Å². The molecule has 0 radical (unpaired) electrons. The minimum absolute atomic E-state index is 0.121. The number of hydrogen-bond donors (Lipinski definition) is 1. The zero-order valence-corrected chi connectivity index (χ0v) is 13.1. The van der Waals surface area contributed by atoms with Crippen LogP contribution in [0.1, 0.15) is 46.2 Å². The Bertz CT molecular complexity index is 726. The summed E-state index contributed by atoms with van der Waals surface area (Å²) >= 11 is 0. The number of ketones is 1. The highest BCUT2D eigenvalue weighted by Crippen LogP contribution is 2.17. The minimum Gasteiger partial charge on any atom is -0.288 e. The fourth-order valence-electron chi connectivity index (χ4n) is 2.33. The second-order valence-electron chi connectivity index (χ2n) is 5.29. The Morgan fingerprint density at radius 1 is 1.32 bits per heavy atom. The van der Waals surface area contributed by atoms with Crippen molar-refractivity contribution in [3.8, 4) is 6.07 Å². The van der Waals surface area contributed by atoms with E-state index in [1.807, 2.05) is 32.0 Å². The summed E-state index contributed by atoms with van der Waals surface area (Å²) < 4.78 is 0. The molecule has 0 aliphatic heterocycles. The third-order valence-corrected chi connectivity index (χ3v) is 3.59. The van der Waals surface area contributed by atoms with Crippen molar-refractivity contribution < 1.29 is 4.79 Å². The van der Waals surface area contributed by atoms with Crippen molar-refractivity contribution in [2.24, 2.45) is 0 Å². The van der Waals surface area contributed by atoms with Crippen molar-refractivity contribution in [3.63, 3.8) is 0 Å². The molecule has 112 valence electrons. The van der Waals surface area contributed by atoms with E-state index in [1.54, 1.807) is 18.2 Å². The van der Waals surface area contributed by atoms with E-state index >= 15 is 0 Å². The van der Waals surface area contributed by atoms with Crippen LogP contribution in [-0.2, 0) is 6.42 Å². The number of carbonyl (C=O) groups excluding carboxylic acids is 1. The fourth-order valence-corrected chi connectivity index (χ4v) is 2.33. The standard InChI is InChI=1S/C18H19N3O/c1-4-5-14-6-8-15(9-7-14)18(22)16(11-19)10-17-12(2)20-21-13(17)3/h6-10H,4-5H2,1-3H3,(H,20,21)/b16-10+. The molecule has 2 aromatic rings. The van der Waals surface area contributed by atoms with E-state index in [-0.39, 0.29) is 11.4 Å². The van der Waals surface area contributed by atoms with Crippen molar-refractivity contribution in [1.82, 2.24) is 10.2 Å². The Hall–Kier alpha value is -2.67. The molecule has 4 nitrogen and oxygen atoms in total. The Morgan fingerprint density at radius 3 is 2.50 bits per heavy atom. The normalized spacial score (nSPS) is 11.3. The molecule has 1 heterocycles. The molecule has 0 saturated heterocycles. The van der Waals surface area contributed by atoms with Crippen LogP contribution < -0.4 is 0 Å². The maximum atomic E-state index is 12.5. The van der Waals surface area contributed by atoms with Gasteiger partial charge in [-0.05, 0) is 31.9 Å². The van der Waals surface area contributed by atoms with Crippen LogP contribution >= 0.6 is 0 Å². The smallest absolute Gasteiger partial charge is 0.203 e. The second-order valence-corrected chi connectivity index (χ2v) is 5.29. The summed E-state index contributed by atoms with van der Waals surface area (Å²) in [6.45, 7) is 5.82. The largest absolute Gasteiger partial charge is 0.288 e. The number of nitrogens with zero attached hydrogens (tertiary/aromatic N) is 2. The van der Waals surface area contributed by atoms with Crippen molar-refractivity contribution in [3.05, 3.63) is 57.9 Å². The molecule has 1 N–H and O–H groups in total. The lowest BCUT2D eigenvalue weighted by molar-refractivity contribution is 0.104. The third kappa shape index (κ3) is 3.32. The summed E-state index contributed by atoms with van der Waals surface area (Å²) in [5.41, 5.74) is 4.27. The van der Waals surface area contributed by atoms with E-state index < -0.39 is 0 Å². The third-order valence-electron chi connectivity index (χ3n) is 3.59. The molecule has 0 bridgehead atoms. The van der Waals surface area contributed by atoms with Gasteiger partial charge in [0.25, 0.3) is 0 Å². The quantitative estimate of drug-likeness (QED) is 0.518. The molecule has 0 aliphatic carbocycles. The average molecular weight is 293 g/mol. The molecule has 1 aromatic carbocycles. The van der Waals surface area contributed by atoms with Crippen molar-refractivity contribution >= 4 is 11.9 Å². The van der Waals surface area contributed by atoms with Crippen LogP contribution in [0.3, 0.4) is 0 Å². The SMILES string of the molecule is CCCc1ccc(C(=O)/C(C#N)=C/c2c(C)n[nH]c2C)cc1. The van der Waals surface area contributed by atoms with Gasteiger partial charge in [0.05, 0.1) is 5.69 Å². The molecule has 22 heavy (non-hydrogen) atoms. The first kappa shape index (κ1) is 15.7. The lowest BCUT2D eigenvalue weighted by Gasteiger charge is -2.02. The van der Waals surface area contributed by atoms with E-state index in [4.69, 9.17) is 0 Å². The maximum absolute atomic E-state index is 12.5. The van der Waals surface area contributed by atoms with Crippen molar-refractivity contribution in [2.45, 2.75) is 33.6 Å². The second kappa shape index (κ2) is 6.86. The highest BCUT2D eigenvalue weighted by atomic mass is 16.1. The van der Waals surface area contributed by atoms with E-state index in [9.17, 15) is 10.1 Å². The summed E-state index contributed by atoms with van der Waals surface area (Å²) in [5.74, 6) is -0.259. The summed E-state index contributed by atoms with van der Waals surface area (Å²) in [6.07, 6.45) is 3.66. The van der Waals surface area contributed by atoms with E-state index in [0.717, 1.165) is 29.8 Å². The number of carbonyl (C=O) groups is 1. The van der Waals surface area contributed by atoms with Crippen molar-refractivity contribution in [2.75, 3.05) is 0 Å². The first-order chi connectivity index (χ1) is 10.6. The summed E-state index contributed by atoms with van der Waals surface area (Å²) in [5, 5.41) is 16.2. The molecule has 1 aromatic heterocycles. The Balaban J connectivity index is 2.31. The highest BCUT2D eigenvalue weighted by molar-refractivity contribution is 6.14. The molecule has 2 rings (SSSR count). The Labute approximate surface area is 130 Å². The van der Waals surface area contributed by atoms with Crippen LogP contribution in [0.4, 0.5) is 0 Å². The number of allylic oxidation sites excluding steroid dienone is 1. The van der Waals surface area contributed by atoms with Crippen LogP contribution in [-0.4, -0.2) is 16.0 Å². The van der Waals surface area contributed by atoms with Gasteiger partial charge in [0.1, 0.15) is 11.6 Å². The summed E-state index contributed by atoms with van der Waals surface area (Å²) in [6, 6.07) is 9.46. The summed E-state index contributed by atoms with van der Waals surface area (Å²) in [7, 11) is 0. The number of aromatic amines is 1. The zero-order valence-electron chi connectivity index (χ0n) is 13.1. The van der Waals surface area contributed by atoms with Gasteiger partial charge in [0.2, 0.25) is 5.78 Å². The minimum atomic E-state index is -0.259. The van der Waals surface area contributed by atoms with Gasteiger partial charge in [-0.25, -0.2) is 0 Å². The van der Waals surface area contributed by atoms with Gasteiger partial charge in [0.15, 0.2) is 0 Å². The van der Waals surface area contributed by atoms with Crippen molar-refractivity contribution in [1.29, 1.82) is 5.26 Å². The number of aryl methyl sites for hydroxylation is 3. The predicted molar refractivity (Wildman–Crippen MR) is 86.4 cm³/mol. The molecule has 0 atom stereocenters. The molecule has 4 heteroatoms. The average Bonchev–Trinajstić information content (AvgIpc) is 2.84. The van der Waals surface area contributed by atoms with Crippen LogP contribution in [0, 0.1) is 25.2 Å². The van der Waals surface area contributed by atoms with Gasteiger partial charge in [-0.3, -0.25) is 9.89 Å². The molecule has 0 amide bonds. The maximum Gasteiger partial charge on any atom is 0.203 e. The predicted octanol–water partition coefficient (Wildman–Crippen LogP) is 3.77. The Morgan fingerprint density at radius 2 is 2.00 bits per heavy atom. The molecule has 0 fully saturated rings. The van der Waals surface area contributed by atoms with Gasteiger partial charge >= 0.3 is 0 Å². The van der Waals surface area contributed by atoms with Gasteiger partial charge in [-0.1, -0.05) is 37.6 Å². The molecule has 0 spiro atoms. The van der Waals surface area contributed by atoms with Crippen LogP contribution in [0.15, 0.2) is 29.8 Å². The number of nitriles is 1. The number of nitrogens with one attached hydrogen (secondary N) is 1. The van der Waals surface area contributed by atoms with Crippen LogP contribution in [0.2, 0.25) is 0 Å². The number of benzene rings is 1. The zero-order chi connectivity index (χ0) is 16.1. The van der Waals surface area contributed by atoms with E-state index in [0.29, 0.717) is 5.56 Å². The molecule has 0 saturated carbocycles. The van der Waals surface area contributed by atoms with Gasteiger partial charge in [-0.2, -0.15) is 10.4 Å². The van der Waals surface area contributed by atoms with Crippen LogP contribution in [0.25, 0.3) is 6.08 Å². The summed E-state index contributed by atoms with van der Waals surface area (Å²) in [4.78, 5) is 12.5. The molecular formula is C18H19N3O. The monoisotopic (exact) mass is 293 g/mol. The lowest BCUT2D eigenvalue weighted by Crippen LogP contribution is -2.02. The van der Waals surface area contributed by atoms with E-state index in [1.165, 1.54) is 5.56 Å². The topological polar surface area (TPSA) is 69.5 Å². The number of H-pyrrole nitrogens is 1. The molecular weight excluding hydrogens is 274 g/mol. The molecule has 0 aliphatic rings. The Kier molecular flexibility index (Phi) is 4.90.